The van der Waals surface area contributed by atoms with Gasteiger partial charge in [0, 0.05) is 38.9 Å². The minimum atomic E-state index is -1.10. The highest BCUT2D eigenvalue weighted by atomic mass is 35.5. The molecular formula is C32H38Cl2FN5O4. The second kappa shape index (κ2) is 14.3. The summed E-state index contributed by atoms with van der Waals surface area (Å²) in [5.41, 5.74) is 7.40. The molecule has 2 fully saturated rings. The maximum atomic E-state index is 14.6. The van der Waals surface area contributed by atoms with Crippen LogP contribution in [0.15, 0.2) is 36.4 Å². The second-order valence-corrected chi connectivity index (χ2v) is 12.7. The number of halogens is 3. The summed E-state index contributed by atoms with van der Waals surface area (Å²) in [6.45, 7) is 1.79. The van der Waals surface area contributed by atoms with Crippen LogP contribution in [0.4, 0.5) is 10.1 Å². The van der Waals surface area contributed by atoms with Crippen molar-refractivity contribution in [3.05, 3.63) is 63.4 Å². The van der Waals surface area contributed by atoms with E-state index in [0.717, 1.165) is 37.1 Å². The molecule has 3 aliphatic rings. The van der Waals surface area contributed by atoms with Gasteiger partial charge >= 0.3 is 0 Å². The zero-order valence-corrected chi connectivity index (χ0v) is 26.0. The summed E-state index contributed by atoms with van der Waals surface area (Å²) >= 11 is 11.7. The van der Waals surface area contributed by atoms with Crippen LogP contribution >= 0.6 is 23.2 Å². The molecule has 1 aliphatic carbocycles. The third-order valence-corrected chi connectivity index (χ3v) is 9.92. The van der Waals surface area contributed by atoms with E-state index in [0.29, 0.717) is 11.8 Å². The van der Waals surface area contributed by atoms with Gasteiger partial charge in [0.05, 0.1) is 15.7 Å². The molecule has 2 unspecified atom stereocenters. The van der Waals surface area contributed by atoms with Crippen molar-refractivity contribution in [2.45, 2.75) is 70.0 Å². The number of anilines is 1. The summed E-state index contributed by atoms with van der Waals surface area (Å²) in [6, 6.07) is 8.19. The number of nitrogens with zero attached hydrogens (tertiary/aromatic N) is 2. The Morgan fingerprint density at radius 3 is 2.30 bits per heavy atom. The standard InChI is InChI=1S/C32H38Cl2FN5O4/c33-23-9-10-24(30(35)29(23)34)37-31(43)25(13-14-36)38-32(44)26-15-19-5-1-2-8-22(19)18-40(26)28(42)12-11-27(41)39-16-20-6-3-4-7-21(20)17-39/h1-2,5,8-10,20-21,25-26H,3-4,6-7,11-18,36H2,(H,37,43)(H,38,44)/t20?,21?,25-,26-/m0/s1. The quantitative estimate of drug-likeness (QED) is 0.351. The van der Waals surface area contributed by atoms with E-state index in [9.17, 15) is 23.6 Å². The molecule has 9 nitrogen and oxygen atoms in total. The lowest BCUT2D eigenvalue weighted by Crippen LogP contribution is -2.56. The summed E-state index contributed by atoms with van der Waals surface area (Å²) in [5.74, 6) is -1.34. The molecule has 2 aliphatic heterocycles. The summed E-state index contributed by atoms with van der Waals surface area (Å²) in [6.07, 6.45) is 5.12. The van der Waals surface area contributed by atoms with Crippen LogP contribution in [-0.2, 0) is 32.1 Å². The minimum Gasteiger partial charge on any atom is -0.342 e. The highest BCUT2D eigenvalue weighted by molar-refractivity contribution is 6.42. The molecule has 5 rings (SSSR count). The van der Waals surface area contributed by atoms with Crippen molar-refractivity contribution in [2.24, 2.45) is 17.6 Å². The molecule has 4 N–H and O–H groups in total. The van der Waals surface area contributed by atoms with Gasteiger partial charge in [-0.05, 0) is 60.9 Å². The Kier molecular flexibility index (Phi) is 10.4. The van der Waals surface area contributed by atoms with Crippen LogP contribution in [0.5, 0.6) is 0 Å². The zero-order chi connectivity index (χ0) is 31.4. The molecule has 4 amide bonds. The van der Waals surface area contributed by atoms with Crippen molar-refractivity contribution >= 4 is 52.5 Å². The van der Waals surface area contributed by atoms with E-state index < -0.39 is 29.7 Å². The predicted octanol–water partition coefficient (Wildman–Crippen LogP) is 4.29. The highest BCUT2D eigenvalue weighted by Gasteiger charge is 2.38. The smallest absolute Gasteiger partial charge is 0.247 e. The Morgan fingerprint density at radius 2 is 1.61 bits per heavy atom. The van der Waals surface area contributed by atoms with Gasteiger partial charge in [0.1, 0.15) is 12.1 Å². The topological polar surface area (TPSA) is 125 Å². The number of carbonyl (C=O) groups excluding carboxylic acids is 4. The van der Waals surface area contributed by atoms with E-state index in [-0.39, 0.29) is 66.3 Å². The summed E-state index contributed by atoms with van der Waals surface area (Å²) in [5, 5.41) is 4.84. The van der Waals surface area contributed by atoms with Crippen molar-refractivity contribution in [3.8, 4) is 0 Å². The van der Waals surface area contributed by atoms with Gasteiger partial charge in [-0.25, -0.2) is 4.39 Å². The van der Waals surface area contributed by atoms with Crippen molar-refractivity contribution < 1.29 is 23.6 Å². The van der Waals surface area contributed by atoms with Crippen LogP contribution in [0.1, 0.15) is 56.1 Å². The van der Waals surface area contributed by atoms with Gasteiger partial charge in [0.15, 0.2) is 5.82 Å². The van der Waals surface area contributed by atoms with Crippen molar-refractivity contribution in [3.63, 3.8) is 0 Å². The molecule has 236 valence electrons. The van der Waals surface area contributed by atoms with Crippen molar-refractivity contribution in [1.29, 1.82) is 0 Å². The molecule has 2 heterocycles. The van der Waals surface area contributed by atoms with Crippen molar-refractivity contribution in [2.75, 3.05) is 25.0 Å². The van der Waals surface area contributed by atoms with E-state index in [1.165, 1.54) is 29.9 Å². The number of amides is 4. The first kappa shape index (κ1) is 32.2. The van der Waals surface area contributed by atoms with Gasteiger partial charge in [-0.1, -0.05) is 60.3 Å². The van der Waals surface area contributed by atoms with Crippen LogP contribution in [-0.4, -0.2) is 65.1 Å². The SMILES string of the molecule is NCC[C@H](NC(=O)[C@@H]1Cc2ccccc2CN1C(=O)CCC(=O)N1CC2CCCCC2C1)C(=O)Nc1ccc(Cl)c(Cl)c1F. The van der Waals surface area contributed by atoms with E-state index in [2.05, 4.69) is 10.6 Å². The van der Waals surface area contributed by atoms with Crippen LogP contribution in [0.3, 0.4) is 0 Å². The monoisotopic (exact) mass is 645 g/mol. The number of carbonyl (C=O) groups is 4. The van der Waals surface area contributed by atoms with E-state index in [4.69, 9.17) is 28.9 Å². The summed E-state index contributed by atoms with van der Waals surface area (Å²) in [4.78, 5) is 56.9. The summed E-state index contributed by atoms with van der Waals surface area (Å²) in [7, 11) is 0. The molecule has 44 heavy (non-hydrogen) atoms. The Hall–Kier alpha value is -3.21. The number of benzene rings is 2. The fraction of sp³-hybridized carbons (Fsp3) is 0.500. The molecule has 4 atom stereocenters. The highest BCUT2D eigenvalue weighted by Crippen LogP contribution is 2.36. The summed E-state index contributed by atoms with van der Waals surface area (Å²) < 4.78 is 14.6. The van der Waals surface area contributed by atoms with Gasteiger partial charge in [0.2, 0.25) is 23.6 Å². The molecule has 2 aromatic carbocycles. The van der Waals surface area contributed by atoms with Crippen molar-refractivity contribution in [1.82, 2.24) is 15.1 Å². The molecule has 1 saturated heterocycles. The Labute approximate surface area is 266 Å². The fourth-order valence-electron chi connectivity index (χ4n) is 6.69. The van der Waals surface area contributed by atoms with Crippen LogP contribution < -0.4 is 16.4 Å². The number of nitrogens with one attached hydrogen (secondary N) is 2. The van der Waals surface area contributed by atoms with Crippen LogP contribution in [0.25, 0.3) is 0 Å². The van der Waals surface area contributed by atoms with Crippen LogP contribution in [0, 0.1) is 17.7 Å². The molecule has 0 spiro atoms. The van der Waals surface area contributed by atoms with Gasteiger partial charge in [-0.3, -0.25) is 19.2 Å². The molecule has 12 heteroatoms. The first-order chi connectivity index (χ1) is 21.2. The molecular weight excluding hydrogens is 608 g/mol. The lowest BCUT2D eigenvalue weighted by Gasteiger charge is -2.37. The fourth-order valence-corrected chi connectivity index (χ4v) is 7.00. The average Bonchev–Trinajstić information content (AvgIpc) is 3.47. The normalized spacial score (nSPS) is 21.7. The lowest BCUT2D eigenvalue weighted by molar-refractivity contribution is -0.144. The number of fused-ring (bicyclic) bond motifs is 2. The van der Waals surface area contributed by atoms with E-state index >= 15 is 0 Å². The number of rotatable bonds is 9. The lowest BCUT2D eigenvalue weighted by atomic mass is 9.82. The molecule has 2 aromatic rings. The number of hydrogen-bond acceptors (Lipinski definition) is 5. The Bertz CT molecular complexity index is 1410. The largest absolute Gasteiger partial charge is 0.342 e. The second-order valence-electron chi connectivity index (χ2n) is 12.0. The first-order valence-electron chi connectivity index (χ1n) is 15.2. The molecule has 0 bridgehead atoms. The number of likely N-dealkylation sites (tertiary alicyclic amines) is 1. The molecule has 0 radical (unpaired) electrons. The van der Waals surface area contributed by atoms with Gasteiger partial charge in [-0.15, -0.1) is 0 Å². The third-order valence-electron chi connectivity index (χ3n) is 9.13. The van der Waals surface area contributed by atoms with Gasteiger partial charge < -0.3 is 26.2 Å². The maximum Gasteiger partial charge on any atom is 0.247 e. The Morgan fingerprint density at radius 1 is 0.955 bits per heavy atom. The third kappa shape index (κ3) is 7.19. The first-order valence-corrected chi connectivity index (χ1v) is 16.0. The van der Waals surface area contributed by atoms with E-state index in [1.54, 1.807) is 0 Å². The zero-order valence-electron chi connectivity index (χ0n) is 24.5. The molecule has 0 aromatic heterocycles. The number of nitrogens with two attached hydrogens (primary N) is 1. The molecule has 1 saturated carbocycles. The average molecular weight is 647 g/mol. The number of hydrogen-bond donors (Lipinski definition) is 3. The van der Waals surface area contributed by atoms with Crippen LogP contribution in [0.2, 0.25) is 10.0 Å². The van der Waals surface area contributed by atoms with E-state index in [1.807, 2.05) is 29.2 Å². The predicted molar refractivity (Wildman–Crippen MR) is 166 cm³/mol. The van der Waals surface area contributed by atoms with Gasteiger partial charge in [0.25, 0.3) is 0 Å². The Balaban J connectivity index is 1.26. The minimum absolute atomic E-state index is 0.00328. The van der Waals surface area contributed by atoms with Gasteiger partial charge in [-0.2, -0.15) is 0 Å². The maximum absolute atomic E-state index is 14.6.